The molecule has 1 unspecified atom stereocenters. The number of morpholine rings is 1. The van der Waals surface area contributed by atoms with Crippen LogP contribution in [0.1, 0.15) is 18.7 Å². The van der Waals surface area contributed by atoms with E-state index in [1.165, 1.54) is 4.88 Å². The van der Waals surface area contributed by atoms with Crippen molar-refractivity contribution >= 4 is 41.3 Å². The Labute approximate surface area is 167 Å². The minimum atomic E-state index is 0. The van der Waals surface area contributed by atoms with Gasteiger partial charge in [0.2, 0.25) is 0 Å². The Bertz CT molecular complexity index is 449. The number of halogens is 1. The summed E-state index contributed by atoms with van der Waals surface area (Å²) >= 11 is 1.83. The fraction of sp³-hybridized carbons (Fsp3) is 0.706. The van der Waals surface area contributed by atoms with Crippen LogP contribution in [0.3, 0.4) is 0 Å². The van der Waals surface area contributed by atoms with Gasteiger partial charge >= 0.3 is 0 Å². The molecule has 24 heavy (non-hydrogen) atoms. The van der Waals surface area contributed by atoms with Crippen molar-refractivity contribution in [3.63, 3.8) is 0 Å². The molecule has 1 aromatic rings. The highest BCUT2D eigenvalue weighted by atomic mass is 127. The third-order valence-corrected chi connectivity index (χ3v) is 4.76. The molecular weight excluding hydrogens is 435 g/mol. The molecule has 1 aliphatic heterocycles. The zero-order valence-electron chi connectivity index (χ0n) is 14.8. The van der Waals surface area contributed by atoms with E-state index in [1.54, 1.807) is 0 Å². The van der Waals surface area contributed by atoms with Crippen molar-refractivity contribution in [1.82, 2.24) is 15.5 Å². The van der Waals surface area contributed by atoms with Crippen LogP contribution in [-0.2, 0) is 11.2 Å². The van der Waals surface area contributed by atoms with Gasteiger partial charge in [-0.3, -0.25) is 9.89 Å². The molecule has 1 atom stereocenters. The molecule has 5 nitrogen and oxygen atoms in total. The lowest BCUT2D eigenvalue weighted by molar-refractivity contribution is 0.0389. The zero-order valence-corrected chi connectivity index (χ0v) is 17.9. The Balaban J connectivity index is 0.00000288. The normalized spacial score (nSPS) is 17.2. The topological polar surface area (TPSA) is 48.9 Å². The number of aliphatic imine (C=N–C) groups is 1. The van der Waals surface area contributed by atoms with Crippen molar-refractivity contribution in [1.29, 1.82) is 0 Å². The highest BCUT2D eigenvalue weighted by Gasteiger charge is 2.10. The minimum Gasteiger partial charge on any atom is -0.379 e. The third-order valence-electron chi connectivity index (χ3n) is 3.86. The fourth-order valence-corrected chi connectivity index (χ4v) is 3.45. The van der Waals surface area contributed by atoms with Crippen LogP contribution in [-0.4, -0.2) is 63.3 Å². The summed E-state index contributed by atoms with van der Waals surface area (Å²) in [5.74, 6) is 1.49. The van der Waals surface area contributed by atoms with Crippen molar-refractivity contribution in [2.24, 2.45) is 10.9 Å². The Morgan fingerprint density at radius 1 is 1.38 bits per heavy atom. The van der Waals surface area contributed by atoms with Crippen LogP contribution in [0, 0.1) is 5.92 Å². The maximum atomic E-state index is 5.38. The van der Waals surface area contributed by atoms with Gasteiger partial charge in [0.1, 0.15) is 0 Å². The number of nitrogens with zero attached hydrogens (tertiary/aromatic N) is 2. The number of nitrogens with one attached hydrogen (secondary N) is 2. The van der Waals surface area contributed by atoms with Gasteiger partial charge in [-0.2, -0.15) is 0 Å². The highest BCUT2D eigenvalue weighted by molar-refractivity contribution is 14.0. The van der Waals surface area contributed by atoms with Gasteiger partial charge in [0.25, 0.3) is 0 Å². The summed E-state index contributed by atoms with van der Waals surface area (Å²) in [6, 6.07) is 4.32. The summed E-state index contributed by atoms with van der Waals surface area (Å²) in [7, 11) is 0. The molecule has 1 aliphatic rings. The number of hydrogen-bond donors (Lipinski definition) is 2. The third kappa shape index (κ3) is 8.64. The van der Waals surface area contributed by atoms with Crippen LogP contribution < -0.4 is 10.6 Å². The van der Waals surface area contributed by atoms with Crippen molar-refractivity contribution in [3.8, 4) is 0 Å². The Morgan fingerprint density at radius 3 is 2.83 bits per heavy atom. The van der Waals surface area contributed by atoms with E-state index in [0.717, 1.165) is 64.9 Å². The first-order valence-corrected chi connectivity index (χ1v) is 9.50. The number of rotatable bonds is 8. The van der Waals surface area contributed by atoms with E-state index in [9.17, 15) is 0 Å². The molecule has 2 N–H and O–H groups in total. The average Bonchev–Trinajstić information content (AvgIpc) is 3.06. The zero-order chi connectivity index (χ0) is 16.3. The quantitative estimate of drug-likeness (QED) is 0.351. The molecule has 1 aromatic heterocycles. The average molecular weight is 466 g/mol. The van der Waals surface area contributed by atoms with Crippen molar-refractivity contribution < 1.29 is 4.74 Å². The summed E-state index contributed by atoms with van der Waals surface area (Å²) in [5.41, 5.74) is 0. The van der Waals surface area contributed by atoms with Crippen LogP contribution in [0.15, 0.2) is 22.5 Å². The van der Waals surface area contributed by atoms with E-state index in [-0.39, 0.29) is 24.0 Å². The molecule has 0 amide bonds. The molecular formula is C17H31IN4OS. The number of ether oxygens (including phenoxy) is 1. The second-order valence-electron chi connectivity index (χ2n) is 5.99. The molecule has 7 heteroatoms. The lowest BCUT2D eigenvalue weighted by Gasteiger charge is -2.26. The van der Waals surface area contributed by atoms with Crippen LogP contribution in [0.25, 0.3) is 0 Å². The smallest absolute Gasteiger partial charge is 0.191 e. The van der Waals surface area contributed by atoms with E-state index < -0.39 is 0 Å². The van der Waals surface area contributed by atoms with Gasteiger partial charge in [0.15, 0.2) is 5.96 Å². The maximum absolute atomic E-state index is 5.38. The summed E-state index contributed by atoms with van der Waals surface area (Å²) in [6.07, 6.45) is 1.11. The number of thiophene rings is 1. The molecule has 0 aliphatic carbocycles. The number of guanidine groups is 1. The van der Waals surface area contributed by atoms with Gasteiger partial charge in [-0.25, -0.2) is 0 Å². The van der Waals surface area contributed by atoms with Gasteiger partial charge in [-0.1, -0.05) is 13.0 Å². The molecule has 0 radical (unpaired) electrons. The molecule has 1 fully saturated rings. The number of hydrogen-bond acceptors (Lipinski definition) is 4. The first kappa shape index (κ1) is 21.7. The van der Waals surface area contributed by atoms with E-state index in [2.05, 4.69) is 46.9 Å². The monoisotopic (exact) mass is 466 g/mol. The second-order valence-corrected chi connectivity index (χ2v) is 7.02. The van der Waals surface area contributed by atoms with Crippen molar-refractivity contribution in [3.05, 3.63) is 22.4 Å². The predicted octanol–water partition coefficient (Wildman–Crippen LogP) is 2.43. The molecule has 0 saturated carbocycles. The summed E-state index contributed by atoms with van der Waals surface area (Å²) in [6.45, 7) is 11.9. The van der Waals surface area contributed by atoms with Gasteiger partial charge in [0, 0.05) is 44.1 Å². The predicted molar refractivity (Wildman–Crippen MR) is 114 cm³/mol. The molecule has 1 saturated heterocycles. The maximum Gasteiger partial charge on any atom is 0.191 e. The molecule has 2 rings (SSSR count). The standard InChI is InChI=1S/C17H30N4OS.HI/c1-3-18-17(19-6-7-21-8-10-22-11-9-21)20-14-15(2)13-16-5-4-12-23-16;/h4-5,12,15H,3,6-11,13-14H2,1-2H3,(H2,18,19,20);1H. The van der Waals surface area contributed by atoms with E-state index in [1.807, 2.05) is 11.3 Å². The Kier molecular flexibility index (Phi) is 11.7. The van der Waals surface area contributed by atoms with Crippen LogP contribution in [0.5, 0.6) is 0 Å². The summed E-state index contributed by atoms with van der Waals surface area (Å²) in [5, 5.41) is 8.92. The van der Waals surface area contributed by atoms with E-state index in [0.29, 0.717) is 5.92 Å². The minimum absolute atomic E-state index is 0. The van der Waals surface area contributed by atoms with Crippen molar-refractivity contribution in [2.75, 3.05) is 52.5 Å². The molecule has 138 valence electrons. The largest absolute Gasteiger partial charge is 0.379 e. The lowest BCUT2D eigenvalue weighted by Crippen LogP contribution is -2.44. The fourth-order valence-electron chi connectivity index (χ4n) is 2.58. The SMILES string of the molecule is CCNC(=NCC(C)Cc1cccs1)NCCN1CCOCC1.I. The Hall–Kier alpha value is -0.380. The first-order valence-electron chi connectivity index (χ1n) is 8.62. The van der Waals surface area contributed by atoms with Crippen LogP contribution >= 0.6 is 35.3 Å². The molecule has 0 aromatic carbocycles. The van der Waals surface area contributed by atoms with Gasteiger partial charge in [-0.05, 0) is 30.7 Å². The van der Waals surface area contributed by atoms with Gasteiger partial charge < -0.3 is 15.4 Å². The van der Waals surface area contributed by atoms with Gasteiger partial charge in [-0.15, -0.1) is 35.3 Å². The summed E-state index contributed by atoms with van der Waals surface area (Å²) in [4.78, 5) is 8.61. The van der Waals surface area contributed by atoms with Crippen LogP contribution in [0.2, 0.25) is 0 Å². The Morgan fingerprint density at radius 2 is 2.17 bits per heavy atom. The lowest BCUT2D eigenvalue weighted by atomic mass is 10.1. The van der Waals surface area contributed by atoms with E-state index >= 15 is 0 Å². The summed E-state index contributed by atoms with van der Waals surface area (Å²) < 4.78 is 5.38. The first-order chi connectivity index (χ1) is 11.3. The van der Waals surface area contributed by atoms with Crippen LogP contribution in [0.4, 0.5) is 0 Å². The molecule has 0 spiro atoms. The molecule has 0 bridgehead atoms. The molecule has 2 heterocycles. The van der Waals surface area contributed by atoms with Gasteiger partial charge in [0.05, 0.1) is 13.2 Å². The van der Waals surface area contributed by atoms with E-state index in [4.69, 9.17) is 9.73 Å². The highest BCUT2D eigenvalue weighted by Crippen LogP contribution is 2.14. The second kappa shape index (κ2) is 12.9. The van der Waals surface area contributed by atoms with Crippen molar-refractivity contribution in [2.45, 2.75) is 20.3 Å².